The Morgan fingerprint density at radius 1 is 1.22 bits per heavy atom. The van der Waals surface area contributed by atoms with Gasteiger partial charge in [0.15, 0.2) is 17.5 Å². The first-order valence-corrected chi connectivity index (χ1v) is 8.64. The summed E-state index contributed by atoms with van der Waals surface area (Å²) in [5.41, 5.74) is 5.14. The highest BCUT2D eigenvalue weighted by Crippen LogP contribution is 2.35. The van der Waals surface area contributed by atoms with Crippen molar-refractivity contribution in [2.24, 2.45) is 10.7 Å². The van der Waals surface area contributed by atoms with Crippen molar-refractivity contribution in [3.8, 4) is 5.75 Å². The molecule has 11 heteroatoms. The summed E-state index contributed by atoms with van der Waals surface area (Å²) < 4.78 is 10.8. The van der Waals surface area contributed by atoms with Crippen LogP contribution in [0.1, 0.15) is 16.3 Å². The van der Waals surface area contributed by atoms with Gasteiger partial charge in [-0.2, -0.15) is 0 Å². The summed E-state index contributed by atoms with van der Waals surface area (Å²) in [7, 11) is 1.63. The fourth-order valence-corrected chi connectivity index (χ4v) is 2.91. The molecule has 0 bridgehead atoms. The molecular weight excluding hydrogens is 529 g/mol. The van der Waals surface area contributed by atoms with Crippen molar-refractivity contribution in [1.82, 2.24) is 10.6 Å². The summed E-state index contributed by atoms with van der Waals surface area (Å²) in [5, 5.41) is 7.21. The number of aliphatic imine (C=N–C) groups is 1. The number of nitrogens with one attached hydrogen (secondary N) is 2. The Hall–Kier alpha value is -1.36. The molecule has 0 radical (unpaired) electrons. The highest BCUT2D eigenvalue weighted by molar-refractivity contribution is 14.0. The zero-order valence-electron chi connectivity index (χ0n) is 14.2. The number of benzene rings is 1. The molecule has 148 valence electrons. The van der Waals surface area contributed by atoms with Gasteiger partial charge in [-0.25, -0.2) is 0 Å². The van der Waals surface area contributed by atoms with E-state index in [1.54, 1.807) is 25.2 Å². The molecule has 2 rings (SSSR count). The lowest BCUT2D eigenvalue weighted by molar-refractivity contribution is 0.0972. The van der Waals surface area contributed by atoms with E-state index in [1.807, 2.05) is 0 Å². The Kier molecular flexibility index (Phi) is 10.1. The number of carbonyl (C=O) groups excluding carboxylic acids is 1. The third-order valence-electron chi connectivity index (χ3n) is 3.16. The zero-order chi connectivity index (χ0) is 19.1. The summed E-state index contributed by atoms with van der Waals surface area (Å²) in [6.45, 7) is 1.08. The maximum absolute atomic E-state index is 11.0. The summed E-state index contributed by atoms with van der Waals surface area (Å²) in [6.07, 6.45) is 0. The number of amides is 1. The van der Waals surface area contributed by atoms with Crippen molar-refractivity contribution in [1.29, 1.82) is 0 Å². The van der Waals surface area contributed by atoms with Crippen LogP contribution in [0.15, 0.2) is 33.7 Å². The average Bonchev–Trinajstić information content (AvgIpc) is 3.05. The van der Waals surface area contributed by atoms with Gasteiger partial charge in [0.25, 0.3) is 5.91 Å². The van der Waals surface area contributed by atoms with Gasteiger partial charge in [0.2, 0.25) is 0 Å². The van der Waals surface area contributed by atoms with Crippen molar-refractivity contribution < 1.29 is 13.9 Å². The van der Waals surface area contributed by atoms with E-state index in [2.05, 4.69) is 15.6 Å². The third-order valence-corrected chi connectivity index (χ3v) is 3.94. The molecule has 0 saturated carbocycles. The van der Waals surface area contributed by atoms with Gasteiger partial charge in [0.1, 0.15) is 12.4 Å². The molecule has 1 aromatic heterocycles. The minimum Gasteiger partial charge on any atom is -0.489 e. The van der Waals surface area contributed by atoms with Crippen molar-refractivity contribution in [2.45, 2.75) is 6.54 Å². The summed E-state index contributed by atoms with van der Waals surface area (Å²) in [6, 6.07) is 6.29. The van der Waals surface area contributed by atoms with Crippen LogP contribution >= 0.6 is 58.8 Å². The Balaban J connectivity index is 0.00000364. The van der Waals surface area contributed by atoms with Gasteiger partial charge in [-0.1, -0.05) is 34.8 Å². The van der Waals surface area contributed by atoms with Gasteiger partial charge in [-0.3, -0.25) is 9.79 Å². The summed E-state index contributed by atoms with van der Waals surface area (Å²) in [4.78, 5) is 15.1. The van der Waals surface area contributed by atoms with Crippen molar-refractivity contribution in [3.05, 3.63) is 50.9 Å². The monoisotopic (exact) mass is 546 g/mol. The number of hydrogen-bond acceptors (Lipinski definition) is 4. The van der Waals surface area contributed by atoms with E-state index in [0.29, 0.717) is 52.2 Å². The molecule has 2 aromatic rings. The van der Waals surface area contributed by atoms with Gasteiger partial charge < -0.3 is 25.5 Å². The van der Waals surface area contributed by atoms with Crippen LogP contribution in [0.2, 0.25) is 15.1 Å². The molecule has 0 atom stereocenters. The molecule has 0 unspecified atom stereocenters. The molecule has 0 spiro atoms. The van der Waals surface area contributed by atoms with Crippen LogP contribution < -0.4 is 21.1 Å². The Morgan fingerprint density at radius 3 is 2.44 bits per heavy atom. The number of furan rings is 1. The fourth-order valence-electron chi connectivity index (χ4n) is 1.99. The molecule has 0 aliphatic heterocycles. The van der Waals surface area contributed by atoms with Crippen LogP contribution in [0.5, 0.6) is 5.75 Å². The first kappa shape index (κ1) is 23.7. The first-order chi connectivity index (χ1) is 12.4. The van der Waals surface area contributed by atoms with E-state index in [9.17, 15) is 4.79 Å². The lowest BCUT2D eigenvalue weighted by Crippen LogP contribution is -2.38. The zero-order valence-corrected chi connectivity index (χ0v) is 18.8. The van der Waals surface area contributed by atoms with Crippen LogP contribution in [-0.4, -0.2) is 32.1 Å². The van der Waals surface area contributed by atoms with Gasteiger partial charge in [-0.05, 0) is 24.3 Å². The third kappa shape index (κ3) is 7.28. The molecule has 1 heterocycles. The van der Waals surface area contributed by atoms with E-state index in [1.165, 1.54) is 6.07 Å². The number of halogens is 4. The minimum atomic E-state index is -0.615. The quantitative estimate of drug-likeness (QED) is 0.212. The van der Waals surface area contributed by atoms with E-state index < -0.39 is 5.91 Å². The molecule has 27 heavy (non-hydrogen) atoms. The van der Waals surface area contributed by atoms with E-state index in [-0.39, 0.29) is 29.7 Å². The van der Waals surface area contributed by atoms with Crippen LogP contribution in [0.25, 0.3) is 0 Å². The number of hydrogen-bond donors (Lipinski definition) is 3. The second kappa shape index (κ2) is 11.5. The number of carbonyl (C=O) groups is 1. The Morgan fingerprint density at radius 2 is 1.89 bits per heavy atom. The molecule has 0 aliphatic carbocycles. The highest BCUT2D eigenvalue weighted by Gasteiger charge is 2.10. The van der Waals surface area contributed by atoms with Crippen LogP contribution in [0, 0.1) is 0 Å². The van der Waals surface area contributed by atoms with Crippen LogP contribution in [0.4, 0.5) is 0 Å². The van der Waals surface area contributed by atoms with Gasteiger partial charge in [0.05, 0.1) is 23.1 Å². The fraction of sp³-hybridized carbons (Fsp3) is 0.250. The smallest absolute Gasteiger partial charge is 0.284 e. The number of primary amides is 1. The first-order valence-electron chi connectivity index (χ1n) is 7.51. The van der Waals surface area contributed by atoms with Gasteiger partial charge >= 0.3 is 0 Å². The Bertz CT molecular complexity index is 791. The molecule has 1 aromatic carbocycles. The number of rotatable bonds is 7. The topological polar surface area (TPSA) is 102 Å². The molecule has 0 fully saturated rings. The second-order valence-corrected chi connectivity index (χ2v) is 6.28. The molecule has 0 aliphatic rings. The standard InChI is InChI=1S/C16H17Cl3N4O3.HI/c1-21-16(23-8-10-2-3-13(26-10)15(20)24)22-4-5-25-14-11(18)6-9(17)7-12(14)19;/h2-3,6-7H,4-5,8H2,1H3,(H2,20,24)(H2,21,22,23);1H. The van der Waals surface area contributed by atoms with Crippen LogP contribution in [-0.2, 0) is 6.54 Å². The van der Waals surface area contributed by atoms with Crippen molar-refractivity contribution in [3.63, 3.8) is 0 Å². The number of nitrogens with two attached hydrogens (primary N) is 1. The Labute approximate surface area is 188 Å². The maximum Gasteiger partial charge on any atom is 0.284 e. The van der Waals surface area contributed by atoms with E-state index in [0.717, 1.165) is 0 Å². The minimum absolute atomic E-state index is 0. The van der Waals surface area contributed by atoms with Crippen molar-refractivity contribution in [2.75, 3.05) is 20.2 Å². The molecule has 1 amide bonds. The van der Waals surface area contributed by atoms with Crippen LogP contribution in [0.3, 0.4) is 0 Å². The predicted molar refractivity (Wildman–Crippen MR) is 118 cm³/mol. The lowest BCUT2D eigenvalue weighted by Gasteiger charge is -2.13. The number of guanidine groups is 1. The maximum atomic E-state index is 11.0. The highest BCUT2D eigenvalue weighted by atomic mass is 127. The van der Waals surface area contributed by atoms with Gasteiger partial charge in [0, 0.05) is 12.1 Å². The summed E-state index contributed by atoms with van der Waals surface area (Å²) in [5.74, 6) is 0.944. The number of ether oxygens (including phenoxy) is 1. The lowest BCUT2D eigenvalue weighted by atomic mass is 10.3. The molecule has 4 N–H and O–H groups in total. The average molecular weight is 548 g/mol. The number of nitrogens with zero attached hydrogens (tertiary/aromatic N) is 1. The normalized spacial score (nSPS) is 10.9. The van der Waals surface area contributed by atoms with Gasteiger partial charge in [-0.15, -0.1) is 24.0 Å². The summed E-state index contributed by atoms with van der Waals surface area (Å²) >= 11 is 18.0. The largest absolute Gasteiger partial charge is 0.489 e. The predicted octanol–water partition coefficient (Wildman–Crippen LogP) is 3.70. The molecular formula is C16H18Cl3IN4O3. The SMILES string of the molecule is CN=C(NCCOc1c(Cl)cc(Cl)cc1Cl)NCc1ccc(C(N)=O)o1.I. The van der Waals surface area contributed by atoms with E-state index in [4.69, 9.17) is 49.7 Å². The second-order valence-electron chi connectivity index (χ2n) is 5.03. The molecule has 0 saturated heterocycles. The van der Waals surface area contributed by atoms with Crippen molar-refractivity contribution >= 4 is 70.6 Å². The van der Waals surface area contributed by atoms with E-state index >= 15 is 0 Å². The molecule has 7 nitrogen and oxygen atoms in total.